The molecule has 0 atom stereocenters. The van der Waals surface area contributed by atoms with Gasteiger partial charge < -0.3 is 23.9 Å². The number of morpholine rings is 1. The zero-order chi connectivity index (χ0) is 19.4. The van der Waals surface area contributed by atoms with Gasteiger partial charge in [0.25, 0.3) is 6.01 Å². The summed E-state index contributed by atoms with van der Waals surface area (Å²) in [5.74, 6) is 0. The molecular formula is C23H24N4O2. The lowest BCUT2D eigenvalue weighted by Crippen LogP contribution is -2.36. The van der Waals surface area contributed by atoms with Crippen LogP contribution < -0.4 is 9.80 Å². The Labute approximate surface area is 169 Å². The summed E-state index contributed by atoms with van der Waals surface area (Å²) in [4.78, 5) is 13.0. The van der Waals surface area contributed by atoms with Gasteiger partial charge in [0.2, 0.25) is 0 Å². The van der Waals surface area contributed by atoms with E-state index >= 15 is 0 Å². The first kappa shape index (κ1) is 16.9. The van der Waals surface area contributed by atoms with Crippen LogP contribution in [0.15, 0.2) is 40.8 Å². The van der Waals surface area contributed by atoms with Gasteiger partial charge in [0.05, 0.1) is 13.2 Å². The Morgan fingerprint density at radius 2 is 1.90 bits per heavy atom. The molecule has 0 amide bonds. The third kappa shape index (κ3) is 2.86. The molecule has 4 heterocycles. The molecule has 0 bridgehead atoms. The van der Waals surface area contributed by atoms with Crippen molar-refractivity contribution in [2.75, 3.05) is 42.6 Å². The largest absolute Gasteiger partial charge is 0.423 e. The Balaban J connectivity index is 1.32. The van der Waals surface area contributed by atoms with E-state index in [9.17, 15) is 0 Å². The first-order valence-electron chi connectivity index (χ1n) is 10.3. The predicted molar refractivity (Wildman–Crippen MR) is 115 cm³/mol. The highest BCUT2D eigenvalue weighted by Gasteiger charge is 2.22. The molecule has 0 unspecified atom stereocenters. The fourth-order valence-corrected chi connectivity index (χ4v) is 4.54. The van der Waals surface area contributed by atoms with Crippen molar-refractivity contribution >= 4 is 33.7 Å². The number of rotatable bonds is 2. The molecule has 1 fully saturated rings. The quantitative estimate of drug-likeness (QED) is 0.562. The van der Waals surface area contributed by atoms with Crippen LogP contribution in [0.4, 0.5) is 11.7 Å². The molecule has 148 valence electrons. The van der Waals surface area contributed by atoms with Crippen LogP contribution in [-0.4, -0.2) is 42.8 Å². The van der Waals surface area contributed by atoms with Gasteiger partial charge >= 0.3 is 0 Å². The lowest BCUT2D eigenvalue weighted by molar-refractivity contribution is 0.120. The van der Waals surface area contributed by atoms with E-state index in [1.807, 2.05) is 0 Å². The second kappa shape index (κ2) is 6.52. The molecule has 2 aromatic carbocycles. The number of oxazole rings is 1. The molecule has 0 saturated carbocycles. The Morgan fingerprint density at radius 3 is 2.79 bits per heavy atom. The lowest BCUT2D eigenvalue weighted by Gasteiger charge is -2.29. The lowest BCUT2D eigenvalue weighted by atomic mass is 10.0. The highest BCUT2D eigenvalue weighted by molar-refractivity contribution is 5.86. The summed E-state index contributed by atoms with van der Waals surface area (Å²) in [5.41, 5.74) is 8.30. The van der Waals surface area contributed by atoms with Crippen LogP contribution in [0.5, 0.6) is 0 Å². The fourth-order valence-electron chi connectivity index (χ4n) is 4.54. The smallest absolute Gasteiger partial charge is 0.298 e. The monoisotopic (exact) mass is 388 g/mol. The van der Waals surface area contributed by atoms with Crippen molar-refractivity contribution in [3.05, 3.63) is 53.2 Å². The van der Waals surface area contributed by atoms with E-state index in [0.29, 0.717) is 6.01 Å². The third-order valence-electron chi connectivity index (χ3n) is 6.14. The van der Waals surface area contributed by atoms with Gasteiger partial charge in [-0.2, -0.15) is 4.98 Å². The third-order valence-corrected chi connectivity index (χ3v) is 6.14. The van der Waals surface area contributed by atoms with E-state index in [-0.39, 0.29) is 0 Å². The number of hydrogen-bond acceptors (Lipinski definition) is 5. The number of fused-ring (bicyclic) bond motifs is 4. The minimum Gasteiger partial charge on any atom is -0.423 e. The van der Waals surface area contributed by atoms with Crippen molar-refractivity contribution < 1.29 is 9.15 Å². The summed E-state index contributed by atoms with van der Waals surface area (Å²) in [6, 6.07) is 13.7. The molecule has 1 saturated heterocycles. The van der Waals surface area contributed by atoms with Crippen molar-refractivity contribution in [2.45, 2.75) is 19.9 Å². The average molecular weight is 388 g/mol. The summed E-state index contributed by atoms with van der Waals surface area (Å²) < 4.78 is 11.4. The van der Waals surface area contributed by atoms with E-state index in [1.54, 1.807) is 0 Å². The number of benzene rings is 2. The van der Waals surface area contributed by atoms with E-state index in [4.69, 9.17) is 14.1 Å². The maximum atomic E-state index is 6.00. The van der Waals surface area contributed by atoms with Gasteiger partial charge in [-0.05, 0) is 37.3 Å². The number of anilines is 2. The number of nitrogens with one attached hydrogen (secondary N) is 1. The van der Waals surface area contributed by atoms with Gasteiger partial charge in [0.1, 0.15) is 5.52 Å². The molecule has 29 heavy (non-hydrogen) atoms. The van der Waals surface area contributed by atoms with Gasteiger partial charge in [-0.15, -0.1) is 0 Å². The molecule has 1 N–H and O–H groups in total. The Kier molecular flexibility index (Phi) is 3.81. The molecular weight excluding hydrogens is 364 g/mol. The standard InChI is InChI=1S/C23H24N4O2/c1-15-2-4-19-17(12-15)18-14-27(7-6-20(18)24-19)16-3-5-22-21(13-16)25-23(29-22)26-8-10-28-11-9-26/h2-5,12-13,24H,6-11,14H2,1H3. The molecule has 4 aromatic rings. The van der Waals surface area contributed by atoms with Gasteiger partial charge in [0.15, 0.2) is 5.58 Å². The van der Waals surface area contributed by atoms with E-state index in [1.165, 1.54) is 33.4 Å². The van der Waals surface area contributed by atoms with Crippen LogP contribution in [0.1, 0.15) is 16.8 Å². The van der Waals surface area contributed by atoms with Crippen LogP contribution >= 0.6 is 0 Å². The SMILES string of the molecule is Cc1ccc2[nH]c3c(c2c1)CN(c1ccc2oc(N4CCOCC4)nc2c1)CC3. The van der Waals surface area contributed by atoms with Crippen LogP contribution in [0, 0.1) is 6.92 Å². The predicted octanol–water partition coefficient (Wildman–Crippen LogP) is 4.02. The second-order valence-corrected chi connectivity index (χ2v) is 8.05. The first-order valence-corrected chi connectivity index (χ1v) is 10.3. The minimum atomic E-state index is 0.702. The fraction of sp³-hybridized carbons (Fsp3) is 0.348. The van der Waals surface area contributed by atoms with Crippen LogP contribution in [0.25, 0.3) is 22.0 Å². The zero-order valence-corrected chi connectivity index (χ0v) is 16.6. The summed E-state index contributed by atoms with van der Waals surface area (Å²) >= 11 is 0. The summed E-state index contributed by atoms with van der Waals surface area (Å²) in [5, 5.41) is 1.35. The van der Waals surface area contributed by atoms with Gasteiger partial charge in [0, 0.05) is 60.4 Å². The Bertz CT molecular complexity index is 1200. The van der Waals surface area contributed by atoms with Crippen LogP contribution in [0.3, 0.4) is 0 Å². The topological polar surface area (TPSA) is 57.5 Å². The van der Waals surface area contributed by atoms with Gasteiger partial charge in [-0.25, -0.2) is 0 Å². The summed E-state index contributed by atoms with van der Waals surface area (Å²) in [7, 11) is 0. The number of aromatic amines is 1. The normalized spacial score (nSPS) is 17.3. The van der Waals surface area contributed by atoms with E-state index in [0.717, 1.165) is 56.9 Å². The van der Waals surface area contributed by atoms with Crippen LogP contribution in [-0.2, 0) is 17.7 Å². The number of aryl methyl sites for hydroxylation is 1. The van der Waals surface area contributed by atoms with Crippen molar-refractivity contribution in [3.8, 4) is 0 Å². The first-order chi connectivity index (χ1) is 14.2. The van der Waals surface area contributed by atoms with Gasteiger partial charge in [-0.1, -0.05) is 11.6 Å². The van der Waals surface area contributed by atoms with Crippen molar-refractivity contribution in [1.82, 2.24) is 9.97 Å². The number of hydrogen-bond donors (Lipinski definition) is 1. The maximum absolute atomic E-state index is 6.00. The number of nitrogens with zero attached hydrogens (tertiary/aromatic N) is 3. The van der Waals surface area contributed by atoms with Gasteiger partial charge in [-0.3, -0.25) is 0 Å². The molecule has 0 aliphatic carbocycles. The second-order valence-electron chi connectivity index (χ2n) is 8.05. The van der Waals surface area contributed by atoms with Crippen molar-refractivity contribution in [2.24, 2.45) is 0 Å². The van der Waals surface area contributed by atoms with E-state index < -0.39 is 0 Å². The molecule has 2 aliphatic heterocycles. The van der Waals surface area contributed by atoms with Crippen LogP contribution in [0.2, 0.25) is 0 Å². The van der Waals surface area contributed by atoms with E-state index in [2.05, 4.69) is 58.1 Å². The molecule has 0 radical (unpaired) electrons. The average Bonchev–Trinajstić information content (AvgIpc) is 3.34. The molecule has 0 spiro atoms. The Hall–Kier alpha value is -2.99. The van der Waals surface area contributed by atoms with Crippen molar-refractivity contribution in [1.29, 1.82) is 0 Å². The molecule has 6 rings (SSSR count). The summed E-state index contributed by atoms with van der Waals surface area (Å²) in [6.45, 7) is 7.18. The minimum absolute atomic E-state index is 0.702. The van der Waals surface area contributed by atoms with Crippen molar-refractivity contribution in [3.63, 3.8) is 0 Å². The highest BCUT2D eigenvalue weighted by atomic mass is 16.5. The number of ether oxygens (including phenoxy) is 1. The summed E-state index contributed by atoms with van der Waals surface area (Å²) in [6.07, 6.45) is 1.03. The molecule has 6 heteroatoms. The molecule has 2 aliphatic rings. The number of H-pyrrole nitrogens is 1. The maximum Gasteiger partial charge on any atom is 0.298 e. The zero-order valence-electron chi connectivity index (χ0n) is 16.6. The molecule has 6 nitrogen and oxygen atoms in total. The number of aromatic nitrogens is 2. The molecule has 2 aromatic heterocycles. The Morgan fingerprint density at radius 1 is 1.00 bits per heavy atom. The highest BCUT2D eigenvalue weighted by Crippen LogP contribution is 2.33.